The summed E-state index contributed by atoms with van der Waals surface area (Å²) in [5.41, 5.74) is 1.14. The molecule has 3 aromatic rings. The molecule has 9 nitrogen and oxygen atoms in total. The summed E-state index contributed by atoms with van der Waals surface area (Å²) in [7, 11) is 0. The second-order valence-electron chi connectivity index (χ2n) is 7.50. The van der Waals surface area contributed by atoms with Crippen LogP contribution in [0, 0.1) is 5.92 Å². The van der Waals surface area contributed by atoms with Crippen LogP contribution in [0.25, 0.3) is 10.9 Å². The second-order valence-corrected chi connectivity index (χ2v) is 7.50. The zero-order chi connectivity index (χ0) is 20.5. The number of fused-ring (bicyclic) bond motifs is 2. The number of carbonyl (C=O) groups excluding carboxylic acids is 1. The molecule has 1 amide bonds. The number of amides is 1. The van der Waals surface area contributed by atoms with Gasteiger partial charge in [0.2, 0.25) is 12.7 Å². The van der Waals surface area contributed by atoms with E-state index in [0.29, 0.717) is 60.7 Å². The van der Waals surface area contributed by atoms with Crippen LogP contribution < -0.4 is 20.3 Å². The predicted molar refractivity (Wildman–Crippen MR) is 109 cm³/mol. The lowest BCUT2D eigenvalue weighted by Gasteiger charge is -2.31. The smallest absolute Gasteiger partial charge is 0.278 e. The van der Waals surface area contributed by atoms with E-state index < -0.39 is 0 Å². The molecule has 1 saturated heterocycles. The number of carbonyl (C=O) groups is 1. The van der Waals surface area contributed by atoms with Crippen LogP contribution in [0.4, 0.5) is 5.69 Å². The third kappa shape index (κ3) is 3.59. The van der Waals surface area contributed by atoms with Crippen molar-refractivity contribution in [3.63, 3.8) is 0 Å². The van der Waals surface area contributed by atoms with Crippen LogP contribution in [-0.2, 0) is 11.5 Å². The van der Waals surface area contributed by atoms with Gasteiger partial charge in [0.15, 0.2) is 11.5 Å². The molecular formula is C21H21N5O4. The Labute approximate surface area is 172 Å². The normalized spacial score (nSPS) is 16.7. The lowest BCUT2D eigenvalue weighted by Crippen LogP contribution is -2.41. The summed E-state index contributed by atoms with van der Waals surface area (Å²) in [6.07, 6.45) is 1.43. The van der Waals surface area contributed by atoms with Crippen molar-refractivity contribution in [2.45, 2.75) is 19.5 Å². The molecule has 30 heavy (non-hydrogen) atoms. The fraction of sp³-hybridized carbons (Fsp3) is 0.333. The number of nitrogens with one attached hydrogen (secondary N) is 1. The van der Waals surface area contributed by atoms with E-state index in [1.165, 1.54) is 4.68 Å². The maximum Gasteiger partial charge on any atom is 0.278 e. The molecule has 1 fully saturated rings. The minimum absolute atomic E-state index is 0.00354. The quantitative estimate of drug-likeness (QED) is 0.704. The van der Waals surface area contributed by atoms with Gasteiger partial charge in [-0.15, -0.1) is 5.10 Å². The standard InChI is InChI=1S/C21H21N5O4/c27-20(22-15-5-6-18-19(11-15)30-13-29-18)14-7-9-25(10-8-14)12-26-21(28)16-3-1-2-4-17(16)23-24-26/h1-6,11,14H,7-10,12-13H2,(H,22,27). The summed E-state index contributed by atoms with van der Waals surface area (Å²) in [6.45, 7) is 1.99. The SMILES string of the molecule is O=C(Nc1ccc2c(c1)OCO2)C1CCN(Cn2nnc3ccccc3c2=O)CC1. The van der Waals surface area contributed by atoms with Gasteiger partial charge >= 0.3 is 0 Å². The van der Waals surface area contributed by atoms with Crippen LogP contribution in [0.15, 0.2) is 47.3 Å². The maximum atomic E-state index is 12.7. The molecule has 0 radical (unpaired) electrons. The molecule has 0 bridgehead atoms. The van der Waals surface area contributed by atoms with Crippen molar-refractivity contribution in [1.82, 2.24) is 19.9 Å². The Morgan fingerprint density at radius 1 is 1.10 bits per heavy atom. The number of hydrogen-bond acceptors (Lipinski definition) is 7. The molecule has 0 spiro atoms. The van der Waals surface area contributed by atoms with Gasteiger partial charge in [-0.1, -0.05) is 17.3 Å². The Bertz CT molecular complexity index is 1150. The zero-order valence-electron chi connectivity index (χ0n) is 16.3. The molecule has 9 heteroatoms. The number of rotatable bonds is 4. The average Bonchev–Trinajstić information content (AvgIpc) is 3.24. The lowest BCUT2D eigenvalue weighted by atomic mass is 9.96. The molecule has 2 aromatic carbocycles. The number of anilines is 1. The molecule has 0 saturated carbocycles. The number of piperidine rings is 1. The minimum atomic E-state index is -0.150. The van der Waals surface area contributed by atoms with Crippen LogP contribution in [-0.4, -0.2) is 45.7 Å². The lowest BCUT2D eigenvalue weighted by molar-refractivity contribution is -0.121. The molecule has 0 unspecified atom stereocenters. The first-order valence-electron chi connectivity index (χ1n) is 9.93. The van der Waals surface area contributed by atoms with Crippen LogP contribution in [0.5, 0.6) is 11.5 Å². The summed E-state index contributed by atoms with van der Waals surface area (Å²) >= 11 is 0. The average molecular weight is 407 g/mol. The van der Waals surface area contributed by atoms with Crippen LogP contribution in [0.3, 0.4) is 0 Å². The van der Waals surface area contributed by atoms with Gasteiger partial charge in [0.25, 0.3) is 5.56 Å². The van der Waals surface area contributed by atoms with Crippen LogP contribution in [0.1, 0.15) is 12.8 Å². The number of aromatic nitrogens is 3. The van der Waals surface area contributed by atoms with Crippen molar-refractivity contribution < 1.29 is 14.3 Å². The van der Waals surface area contributed by atoms with Crippen LogP contribution >= 0.6 is 0 Å². The fourth-order valence-corrected chi connectivity index (χ4v) is 3.86. The number of likely N-dealkylation sites (tertiary alicyclic amines) is 1. The topological polar surface area (TPSA) is 98.6 Å². The highest BCUT2D eigenvalue weighted by Gasteiger charge is 2.26. The third-order valence-corrected chi connectivity index (χ3v) is 5.56. The first-order valence-corrected chi connectivity index (χ1v) is 9.93. The van der Waals surface area contributed by atoms with E-state index in [1.54, 1.807) is 24.3 Å². The highest BCUT2D eigenvalue weighted by atomic mass is 16.7. The van der Waals surface area contributed by atoms with Crippen molar-refractivity contribution in [3.8, 4) is 11.5 Å². The number of ether oxygens (including phenoxy) is 2. The highest BCUT2D eigenvalue weighted by Crippen LogP contribution is 2.34. The van der Waals surface area contributed by atoms with Gasteiger partial charge in [-0.25, -0.2) is 0 Å². The molecule has 3 heterocycles. The maximum absolute atomic E-state index is 12.7. The molecule has 154 valence electrons. The predicted octanol–water partition coefficient (Wildman–Crippen LogP) is 1.83. The molecule has 5 rings (SSSR count). The summed E-state index contributed by atoms with van der Waals surface area (Å²) in [4.78, 5) is 27.4. The number of hydrogen-bond donors (Lipinski definition) is 1. The Balaban J connectivity index is 1.19. The van der Waals surface area contributed by atoms with Crippen molar-refractivity contribution in [1.29, 1.82) is 0 Å². The molecule has 1 N–H and O–H groups in total. The fourth-order valence-electron chi connectivity index (χ4n) is 3.86. The van der Waals surface area contributed by atoms with E-state index in [2.05, 4.69) is 20.5 Å². The minimum Gasteiger partial charge on any atom is -0.454 e. The van der Waals surface area contributed by atoms with Gasteiger partial charge in [0.1, 0.15) is 5.52 Å². The van der Waals surface area contributed by atoms with Crippen molar-refractivity contribution >= 4 is 22.5 Å². The summed E-state index contributed by atoms with van der Waals surface area (Å²) in [5, 5.41) is 11.7. The zero-order valence-corrected chi connectivity index (χ0v) is 16.3. The van der Waals surface area contributed by atoms with E-state index in [4.69, 9.17) is 9.47 Å². The monoisotopic (exact) mass is 407 g/mol. The number of nitrogens with zero attached hydrogens (tertiary/aromatic N) is 4. The van der Waals surface area contributed by atoms with E-state index in [0.717, 1.165) is 0 Å². The van der Waals surface area contributed by atoms with E-state index >= 15 is 0 Å². The summed E-state index contributed by atoms with van der Waals surface area (Å²) in [5.74, 6) is 1.25. The first-order chi connectivity index (χ1) is 14.7. The van der Waals surface area contributed by atoms with Gasteiger partial charge in [0, 0.05) is 30.8 Å². The Morgan fingerprint density at radius 2 is 1.90 bits per heavy atom. The largest absolute Gasteiger partial charge is 0.454 e. The summed E-state index contributed by atoms with van der Waals surface area (Å²) in [6, 6.07) is 12.6. The van der Waals surface area contributed by atoms with Gasteiger partial charge in [-0.2, -0.15) is 4.68 Å². The Hall–Kier alpha value is -3.46. The molecule has 1 aromatic heterocycles. The third-order valence-electron chi connectivity index (χ3n) is 5.56. The molecule has 0 aliphatic carbocycles. The molecule has 2 aliphatic heterocycles. The molecule has 2 aliphatic rings. The first kappa shape index (κ1) is 18.6. The van der Waals surface area contributed by atoms with Crippen molar-refractivity contribution in [2.24, 2.45) is 5.92 Å². The van der Waals surface area contributed by atoms with Gasteiger partial charge in [-0.05, 0) is 37.1 Å². The van der Waals surface area contributed by atoms with Gasteiger partial charge in [-0.3, -0.25) is 14.5 Å². The molecular weight excluding hydrogens is 386 g/mol. The Kier molecular flexibility index (Phi) is 4.80. The second kappa shape index (κ2) is 7.75. The van der Waals surface area contributed by atoms with Crippen molar-refractivity contribution in [3.05, 3.63) is 52.8 Å². The summed E-state index contributed by atoms with van der Waals surface area (Å²) < 4.78 is 12.0. The highest BCUT2D eigenvalue weighted by molar-refractivity contribution is 5.93. The van der Waals surface area contributed by atoms with E-state index in [1.807, 2.05) is 18.2 Å². The van der Waals surface area contributed by atoms with Crippen LogP contribution in [0.2, 0.25) is 0 Å². The van der Waals surface area contributed by atoms with Crippen molar-refractivity contribution in [2.75, 3.05) is 25.2 Å². The van der Waals surface area contributed by atoms with E-state index in [-0.39, 0.29) is 24.2 Å². The van der Waals surface area contributed by atoms with Gasteiger partial charge in [0.05, 0.1) is 12.1 Å². The van der Waals surface area contributed by atoms with Gasteiger partial charge < -0.3 is 14.8 Å². The molecule has 0 atom stereocenters. The Morgan fingerprint density at radius 3 is 2.77 bits per heavy atom. The number of benzene rings is 2. The van der Waals surface area contributed by atoms with E-state index in [9.17, 15) is 9.59 Å².